The third-order valence-corrected chi connectivity index (χ3v) is 2.61. The molecule has 1 aromatic heterocycles. The van der Waals surface area contributed by atoms with E-state index in [0.717, 1.165) is 0 Å². The van der Waals surface area contributed by atoms with Crippen LogP contribution in [0.2, 0.25) is 0 Å². The van der Waals surface area contributed by atoms with Crippen LogP contribution < -0.4 is 15.2 Å². The molecule has 19 heavy (non-hydrogen) atoms. The zero-order valence-corrected chi connectivity index (χ0v) is 11.2. The fraction of sp³-hybridized carbons (Fsp3) is 0.385. The molecule has 1 unspecified atom stereocenters. The normalized spacial score (nSPS) is 12.2. The van der Waals surface area contributed by atoms with Gasteiger partial charge in [0.05, 0.1) is 14.2 Å². The maximum atomic E-state index is 5.71. The van der Waals surface area contributed by atoms with Gasteiger partial charge in [0, 0.05) is 12.5 Å². The van der Waals surface area contributed by atoms with Crippen molar-refractivity contribution in [1.29, 1.82) is 0 Å². The molecule has 0 amide bonds. The first-order valence-electron chi connectivity index (χ1n) is 5.95. The van der Waals surface area contributed by atoms with Crippen LogP contribution in [0.4, 0.5) is 0 Å². The minimum Gasteiger partial charge on any atom is -0.496 e. The summed E-state index contributed by atoms with van der Waals surface area (Å²) in [6.07, 6.45) is 0.557. The van der Waals surface area contributed by atoms with Gasteiger partial charge in [0.2, 0.25) is 0 Å². The minimum atomic E-state index is -0.0231. The fourth-order valence-electron chi connectivity index (χ4n) is 1.79. The molecule has 0 aliphatic carbocycles. The molecule has 2 aromatic rings. The number of ether oxygens (including phenoxy) is 2. The summed E-state index contributed by atoms with van der Waals surface area (Å²) in [6, 6.07) is 5.44. The Morgan fingerprint density at radius 2 is 1.89 bits per heavy atom. The van der Waals surface area contributed by atoms with Crippen LogP contribution in [0, 0.1) is 0 Å². The highest BCUT2D eigenvalue weighted by molar-refractivity contribution is 5.70. The van der Waals surface area contributed by atoms with Crippen molar-refractivity contribution in [1.82, 2.24) is 10.1 Å². The highest BCUT2D eigenvalue weighted by Gasteiger charge is 2.19. The van der Waals surface area contributed by atoms with Gasteiger partial charge in [0.25, 0.3) is 5.89 Å². The van der Waals surface area contributed by atoms with Gasteiger partial charge in [-0.1, -0.05) is 11.2 Å². The summed E-state index contributed by atoms with van der Waals surface area (Å²) in [5.74, 6) is 2.17. The average Bonchev–Trinajstić information content (AvgIpc) is 2.84. The van der Waals surface area contributed by atoms with Gasteiger partial charge in [-0.15, -0.1) is 0 Å². The van der Waals surface area contributed by atoms with Gasteiger partial charge in [-0.3, -0.25) is 0 Å². The maximum absolute atomic E-state index is 5.71. The second kappa shape index (κ2) is 5.71. The van der Waals surface area contributed by atoms with E-state index in [-0.39, 0.29) is 6.04 Å². The molecule has 6 heteroatoms. The Balaban J connectivity index is 2.43. The first-order chi connectivity index (χ1) is 9.15. The van der Waals surface area contributed by atoms with E-state index < -0.39 is 0 Å². The van der Waals surface area contributed by atoms with E-state index in [9.17, 15) is 0 Å². The van der Waals surface area contributed by atoms with Crippen LogP contribution in [0.1, 0.15) is 12.7 Å². The Morgan fingerprint density at radius 1 is 1.26 bits per heavy atom. The lowest BCUT2D eigenvalue weighted by molar-refractivity contribution is 0.384. The van der Waals surface area contributed by atoms with E-state index in [2.05, 4.69) is 10.1 Å². The highest BCUT2D eigenvalue weighted by Crippen LogP contribution is 2.37. The fourth-order valence-corrected chi connectivity index (χ4v) is 1.79. The molecule has 0 aliphatic heterocycles. The molecular weight excluding hydrogens is 246 g/mol. The molecule has 1 heterocycles. The zero-order valence-electron chi connectivity index (χ0n) is 11.2. The summed E-state index contributed by atoms with van der Waals surface area (Å²) >= 11 is 0. The number of aromatic nitrogens is 2. The molecule has 0 fully saturated rings. The monoisotopic (exact) mass is 263 g/mol. The summed E-state index contributed by atoms with van der Waals surface area (Å²) < 4.78 is 15.9. The third-order valence-electron chi connectivity index (χ3n) is 2.61. The van der Waals surface area contributed by atoms with Gasteiger partial charge >= 0.3 is 0 Å². The largest absolute Gasteiger partial charge is 0.496 e. The van der Waals surface area contributed by atoms with Crippen molar-refractivity contribution in [3.8, 4) is 23.0 Å². The highest BCUT2D eigenvalue weighted by atomic mass is 16.5. The van der Waals surface area contributed by atoms with Gasteiger partial charge in [0.15, 0.2) is 5.82 Å². The standard InChI is InChI=1S/C13H17N3O3/c1-8(14)7-11-15-13(19-16-11)12-9(17-2)5-4-6-10(12)18-3/h4-6,8H,7,14H2,1-3H3. The molecule has 1 aromatic carbocycles. The first-order valence-corrected chi connectivity index (χ1v) is 5.95. The Hall–Kier alpha value is -2.08. The van der Waals surface area contributed by atoms with Crippen LogP contribution in [-0.2, 0) is 6.42 Å². The van der Waals surface area contributed by atoms with Crippen LogP contribution in [0.15, 0.2) is 22.7 Å². The molecule has 0 aliphatic rings. The summed E-state index contributed by atoms with van der Waals surface area (Å²) in [5, 5.41) is 3.91. The van der Waals surface area contributed by atoms with Crippen LogP contribution in [0.25, 0.3) is 11.5 Å². The Kier molecular flexibility index (Phi) is 4.01. The van der Waals surface area contributed by atoms with Gasteiger partial charge in [-0.2, -0.15) is 4.98 Å². The number of hydrogen-bond donors (Lipinski definition) is 1. The number of nitrogens with two attached hydrogens (primary N) is 1. The van der Waals surface area contributed by atoms with Crippen molar-refractivity contribution in [2.75, 3.05) is 14.2 Å². The molecule has 0 saturated carbocycles. The molecular formula is C13H17N3O3. The van der Waals surface area contributed by atoms with Gasteiger partial charge in [-0.05, 0) is 19.1 Å². The van der Waals surface area contributed by atoms with Crippen LogP contribution in [0.5, 0.6) is 11.5 Å². The number of rotatable bonds is 5. The molecule has 0 bridgehead atoms. The predicted octanol–water partition coefficient (Wildman–Crippen LogP) is 1.64. The Bertz CT molecular complexity index is 530. The quantitative estimate of drug-likeness (QED) is 0.883. The summed E-state index contributed by atoms with van der Waals surface area (Å²) in [6.45, 7) is 1.89. The van der Waals surface area contributed by atoms with Crippen LogP contribution >= 0.6 is 0 Å². The van der Waals surface area contributed by atoms with Gasteiger partial charge in [0.1, 0.15) is 17.1 Å². The van der Waals surface area contributed by atoms with Crippen molar-refractivity contribution >= 4 is 0 Å². The Morgan fingerprint density at radius 3 is 2.42 bits per heavy atom. The lowest BCUT2D eigenvalue weighted by Crippen LogP contribution is -2.18. The topological polar surface area (TPSA) is 83.4 Å². The molecule has 6 nitrogen and oxygen atoms in total. The Labute approximate surface area is 111 Å². The van der Waals surface area contributed by atoms with E-state index in [1.54, 1.807) is 14.2 Å². The summed E-state index contributed by atoms with van der Waals surface area (Å²) in [5.41, 5.74) is 6.36. The van der Waals surface area contributed by atoms with Crippen molar-refractivity contribution < 1.29 is 14.0 Å². The van der Waals surface area contributed by atoms with Crippen molar-refractivity contribution in [3.63, 3.8) is 0 Å². The van der Waals surface area contributed by atoms with Gasteiger partial charge < -0.3 is 19.7 Å². The molecule has 0 radical (unpaired) electrons. The molecule has 2 rings (SSSR count). The minimum absolute atomic E-state index is 0.0231. The SMILES string of the molecule is COc1cccc(OC)c1-c1nc(CC(C)N)no1. The second-order valence-electron chi connectivity index (χ2n) is 4.23. The van der Waals surface area contributed by atoms with Gasteiger partial charge in [-0.25, -0.2) is 0 Å². The first kappa shape index (κ1) is 13.4. The number of benzene rings is 1. The van der Waals surface area contributed by atoms with Crippen LogP contribution in [-0.4, -0.2) is 30.4 Å². The van der Waals surface area contributed by atoms with E-state index >= 15 is 0 Å². The third kappa shape index (κ3) is 2.85. The van der Waals surface area contributed by atoms with Crippen molar-refractivity contribution in [2.45, 2.75) is 19.4 Å². The van der Waals surface area contributed by atoms with E-state index in [4.69, 9.17) is 19.7 Å². The van der Waals surface area contributed by atoms with E-state index in [0.29, 0.717) is 35.2 Å². The number of hydrogen-bond acceptors (Lipinski definition) is 6. The molecule has 2 N–H and O–H groups in total. The van der Waals surface area contributed by atoms with Crippen LogP contribution in [0.3, 0.4) is 0 Å². The number of nitrogens with zero attached hydrogens (tertiary/aromatic N) is 2. The number of methoxy groups -OCH3 is 2. The maximum Gasteiger partial charge on any atom is 0.265 e. The predicted molar refractivity (Wildman–Crippen MR) is 70.2 cm³/mol. The molecule has 1 atom stereocenters. The smallest absolute Gasteiger partial charge is 0.265 e. The van der Waals surface area contributed by atoms with E-state index in [1.807, 2.05) is 25.1 Å². The molecule has 0 spiro atoms. The van der Waals surface area contributed by atoms with E-state index in [1.165, 1.54) is 0 Å². The van der Waals surface area contributed by atoms with Crippen molar-refractivity contribution in [2.24, 2.45) is 5.73 Å². The zero-order chi connectivity index (χ0) is 13.8. The average molecular weight is 263 g/mol. The summed E-state index contributed by atoms with van der Waals surface area (Å²) in [4.78, 5) is 4.32. The lowest BCUT2D eigenvalue weighted by Gasteiger charge is -2.09. The summed E-state index contributed by atoms with van der Waals surface area (Å²) in [7, 11) is 3.16. The van der Waals surface area contributed by atoms with Crippen molar-refractivity contribution in [3.05, 3.63) is 24.0 Å². The lowest BCUT2D eigenvalue weighted by atomic mass is 10.1. The molecule has 0 saturated heterocycles. The second-order valence-corrected chi connectivity index (χ2v) is 4.23. The molecule has 102 valence electrons.